The molecular formula is C20H32O3. The van der Waals surface area contributed by atoms with Gasteiger partial charge in [-0.2, -0.15) is 0 Å². The normalized spacial score (nSPS) is 13.3. The average Bonchev–Trinajstić information content (AvgIpc) is 2.34. The Kier molecular flexibility index (Phi) is 4.97. The number of phenols is 1. The molecule has 0 bridgehead atoms. The van der Waals surface area contributed by atoms with Gasteiger partial charge in [-0.15, -0.1) is 0 Å². The second-order valence-corrected chi connectivity index (χ2v) is 9.11. The third-order valence-electron chi connectivity index (χ3n) is 4.65. The fourth-order valence-electron chi connectivity index (χ4n) is 3.02. The van der Waals surface area contributed by atoms with Gasteiger partial charge in [-0.25, -0.2) is 4.79 Å². The number of carboxylic acids is 1. The van der Waals surface area contributed by atoms with Gasteiger partial charge in [-0.05, 0) is 34.3 Å². The summed E-state index contributed by atoms with van der Waals surface area (Å²) in [6.07, 6.45) is 0.796. The number of carboxylic acid groups (broad SMARTS) is 1. The lowest BCUT2D eigenvalue weighted by Gasteiger charge is -2.36. The van der Waals surface area contributed by atoms with Gasteiger partial charge < -0.3 is 10.2 Å². The highest BCUT2D eigenvalue weighted by atomic mass is 16.4. The smallest absolute Gasteiger partial charge is 0.336 e. The first-order chi connectivity index (χ1) is 10.1. The molecule has 1 rings (SSSR count). The number of benzene rings is 1. The van der Waals surface area contributed by atoms with Crippen LogP contribution in [-0.4, -0.2) is 16.2 Å². The molecule has 0 unspecified atom stereocenters. The molecule has 0 amide bonds. The van der Waals surface area contributed by atoms with Crippen LogP contribution in [0.2, 0.25) is 0 Å². The molecular weight excluding hydrogens is 288 g/mol. The summed E-state index contributed by atoms with van der Waals surface area (Å²) in [5.74, 6) is -0.691. The Morgan fingerprint density at radius 3 is 1.74 bits per heavy atom. The van der Waals surface area contributed by atoms with Crippen molar-refractivity contribution in [2.75, 3.05) is 0 Å². The maximum Gasteiger partial charge on any atom is 0.336 e. The lowest BCUT2D eigenvalue weighted by atomic mass is 9.68. The van der Waals surface area contributed by atoms with Crippen LogP contribution in [0.15, 0.2) is 6.07 Å². The first-order valence-electron chi connectivity index (χ1n) is 8.29. The van der Waals surface area contributed by atoms with Crippen molar-refractivity contribution in [3.63, 3.8) is 0 Å². The molecule has 130 valence electrons. The van der Waals surface area contributed by atoms with E-state index in [4.69, 9.17) is 0 Å². The minimum atomic E-state index is -0.933. The summed E-state index contributed by atoms with van der Waals surface area (Å²) >= 11 is 0. The molecule has 0 radical (unpaired) electrons. The highest BCUT2D eigenvalue weighted by Gasteiger charge is 2.37. The number of hydrogen-bond acceptors (Lipinski definition) is 2. The monoisotopic (exact) mass is 320 g/mol. The quantitative estimate of drug-likeness (QED) is 0.787. The van der Waals surface area contributed by atoms with Crippen LogP contribution in [0.1, 0.15) is 95.8 Å². The SMILES string of the molecule is CCC(C)(C)c1c(C(=O)O)cc(C(C)(C)C)c(O)c1C(C)(C)C. The van der Waals surface area contributed by atoms with Crippen molar-refractivity contribution >= 4 is 5.97 Å². The van der Waals surface area contributed by atoms with E-state index in [1.54, 1.807) is 6.07 Å². The molecule has 1 aromatic carbocycles. The van der Waals surface area contributed by atoms with E-state index in [2.05, 4.69) is 0 Å². The summed E-state index contributed by atoms with van der Waals surface area (Å²) < 4.78 is 0. The maximum atomic E-state index is 12.0. The van der Waals surface area contributed by atoms with Crippen molar-refractivity contribution in [2.45, 2.75) is 85.0 Å². The molecule has 0 saturated heterocycles. The van der Waals surface area contributed by atoms with E-state index < -0.39 is 5.97 Å². The van der Waals surface area contributed by atoms with Gasteiger partial charge in [0.25, 0.3) is 0 Å². The zero-order valence-corrected chi connectivity index (χ0v) is 16.1. The fourth-order valence-corrected chi connectivity index (χ4v) is 3.02. The summed E-state index contributed by atoms with van der Waals surface area (Å²) in [4.78, 5) is 12.0. The molecule has 0 atom stereocenters. The van der Waals surface area contributed by atoms with Crippen LogP contribution >= 0.6 is 0 Å². The van der Waals surface area contributed by atoms with Crippen LogP contribution in [0.25, 0.3) is 0 Å². The minimum absolute atomic E-state index is 0.242. The lowest BCUT2D eigenvalue weighted by molar-refractivity contribution is 0.0693. The van der Waals surface area contributed by atoms with Crippen LogP contribution in [0, 0.1) is 0 Å². The summed E-state index contributed by atoms with van der Waals surface area (Å²) in [6.45, 7) is 18.2. The Bertz CT molecular complexity index is 611. The second kappa shape index (κ2) is 5.85. The molecule has 0 aliphatic rings. The van der Waals surface area contributed by atoms with Gasteiger partial charge in [0.05, 0.1) is 5.56 Å². The Balaban J connectivity index is 4.10. The second-order valence-electron chi connectivity index (χ2n) is 9.11. The number of carbonyl (C=O) groups is 1. The highest BCUT2D eigenvalue weighted by Crippen LogP contribution is 2.47. The highest BCUT2D eigenvalue weighted by molar-refractivity contribution is 5.91. The minimum Gasteiger partial charge on any atom is -0.507 e. The molecule has 2 N–H and O–H groups in total. The summed E-state index contributed by atoms with van der Waals surface area (Å²) in [5.41, 5.74) is 1.50. The Morgan fingerprint density at radius 1 is 0.957 bits per heavy atom. The predicted molar refractivity (Wildman–Crippen MR) is 95.8 cm³/mol. The van der Waals surface area contributed by atoms with Crippen LogP contribution in [0.4, 0.5) is 0 Å². The van der Waals surface area contributed by atoms with Crippen LogP contribution in [0.3, 0.4) is 0 Å². The van der Waals surface area contributed by atoms with E-state index in [1.165, 1.54) is 0 Å². The first-order valence-corrected chi connectivity index (χ1v) is 8.29. The third kappa shape index (κ3) is 3.70. The molecule has 3 heteroatoms. The van der Waals surface area contributed by atoms with Gasteiger partial charge in [-0.3, -0.25) is 0 Å². The zero-order valence-electron chi connectivity index (χ0n) is 16.1. The van der Waals surface area contributed by atoms with E-state index in [1.807, 2.05) is 62.3 Å². The Hall–Kier alpha value is -1.51. The summed E-state index contributed by atoms with van der Waals surface area (Å²) in [5, 5.41) is 20.8. The average molecular weight is 320 g/mol. The van der Waals surface area contributed by atoms with E-state index in [-0.39, 0.29) is 22.0 Å². The standard InChI is InChI=1S/C20H32O3/c1-10-20(8,9)14-12(17(22)23)11-13(18(2,3)4)16(21)15(14)19(5,6)7/h11,21H,10H2,1-9H3,(H,22,23). The number of aromatic hydroxyl groups is 1. The Labute approximate surface area is 140 Å². The van der Waals surface area contributed by atoms with Crippen molar-refractivity contribution in [1.29, 1.82) is 0 Å². The van der Waals surface area contributed by atoms with Crippen molar-refractivity contribution in [3.8, 4) is 5.75 Å². The molecule has 0 aromatic heterocycles. The molecule has 0 aliphatic heterocycles. The van der Waals surface area contributed by atoms with E-state index in [0.717, 1.165) is 17.5 Å². The largest absolute Gasteiger partial charge is 0.507 e. The number of aromatic carboxylic acids is 1. The van der Waals surface area contributed by atoms with Crippen molar-refractivity contribution in [2.24, 2.45) is 0 Å². The molecule has 3 nitrogen and oxygen atoms in total. The number of rotatable bonds is 3. The molecule has 1 aromatic rings. The molecule has 0 spiro atoms. The number of phenolic OH excluding ortho intramolecular Hbond substituents is 1. The van der Waals surface area contributed by atoms with E-state index in [9.17, 15) is 15.0 Å². The molecule has 0 heterocycles. The first kappa shape index (κ1) is 19.5. The Morgan fingerprint density at radius 2 is 1.43 bits per heavy atom. The van der Waals surface area contributed by atoms with Gasteiger partial charge in [0.15, 0.2) is 0 Å². The number of hydrogen-bond donors (Lipinski definition) is 2. The van der Waals surface area contributed by atoms with Crippen molar-refractivity contribution in [3.05, 3.63) is 28.3 Å². The zero-order chi connectivity index (χ0) is 18.4. The third-order valence-corrected chi connectivity index (χ3v) is 4.65. The molecule has 0 fully saturated rings. The van der Waals surface area contributed by atoms with Gasteiger partial charge in [-0.1, -0.05) is 62.3 Å². The van der Waals surface area contributed by atoms with Crippen molar-refractivity contribution < 1.29 is 15.0 Å². The molecule has 0 aliphatic carbocycles. The summed E-state index contributed by atoms with van der Waals surface area (Å²) in [7, 11) is 0. The summed E-state index contributed by atoms with van der Waals surface area (Å²) in [6, 6.07) is 1.67. The molecule has 23 heavy (non-hydrogen) atoms. The van der Waals surface area contributed by atoms with E-state index in [0.29, 0.717) is 11.1 Å². The van der Waals surface area contributed by atoms with Gasteiger partial charge in [0.1, 0.15) is 5.75 Å². The van der Waals surface area contributed by atoms with Crippen LogP contribution in [-0.2, 0) is 16.2 Å². The van der Waals surface area contributed by atoms with Crippen LogP contribution in [0.5, 0.6) is 5.75 Å². The molecule has 0 saturated carbocycles. The fraction of sp³-hybridized carbons (Fsp3) is 0.650. The lowest BCUT2D eigenvalue weighted by Crippen LogP contribution is -2.29. The topological polar surface area (TPSA) is 57.5 Å². The van der Waals surface area contributed by atoms with E-state index >= 15 is 0 Å². The van der Waals surface area contributed by atoms with Gasteiger partial charge in [0, 0.05) is 11.1 Å². The predicted octanol–water partition coefficient (Wildman–Crippen LogP) is 5.37. The maximum absolute atomic E-state index is 12.0. The van der Waals surface area contributed by atoms with Crippen molar-refractivity contribution in [1.82, 2.24) is 0 Å². The van der Waals surface area contributed by atoms with Crippen LogP contribution < -0.4 is 0 Å². The van der Waals surface area contributed by atoms with Gasteiger partial charge in [0.2, 0.25) is 0 Å². The van der Waals surface area contributed by atoms with Gasteiger partial charge >= 0.3 is 5.97 Å².